The van der Waals surface area contributed by atoms with Crippen LogP contribution in [0.2, 0.25) is 0 Å². The standard InChI is InChI=1S/C13H18N2O4S/c1-7-8(2)20-11(10(7)12(17)18)14-13(19)15(5-6-16)9-3-4-9/h9,16H,3-6H2,1-2H3,(H,14,19)(H,17,18). The van der Waals surface area contributed by atoms with Gasteiger partial charge in [-0.3, -0.25) is 5.32 Å². The van der Waals surface area contributed by atoms with Gasteiger partial charge in [0.2, 0.25) is 0 Å². The highest BCUT2D eigenvalue weighted by Crippen LogP contribution is 2.33. The van der Waals surface area contributed by atoms with Crippen molar-refractivity contribution in [2.75, 3.05) is 18.5 Å². The third kappa shape index (κ3) is 2.94. The summed E-state index contributed by atoms with van der Waals surface area (Å²) in [7, 11) is 0. The van der Waals surface area contributed by atoms with Crippen LogP contribution in [0.3, 0.4) is 0 Å². The molecule has 0 aliphatic heterocycles. The number of urea groups is 1. The fourth-order valence-electron chi connectivity index (χ4n) is 2.09. The molecule has 1 aliphatic carbocycles. The average Bonchev–Trinajstić information content (AvgIpc) is 3.15. The minimum atomic E-state index is -1.04. The summed E-state index contributed by atoms with van der Waals surface area (Å²) < 4.78 is 0. The van der Waals surface area contributed by atoms with Crippen LogP contribution in [0.4, 0.5) is 9.80 Å². The summed E-state index contributed by atoms with van der Waals surface area (Å²) >= 11 is 1.26. The van der Waals surface area contributed by atoms with Crippen molar-refractivity contribution in [3.8, 4) is 0 Å². The Labute approximate surface area is 121 Å². The summed E-state index contributed by atoms with van der Waals surface area (Å²) in [5.41, 5.74) is 0.832. The number of aliphatic hydroxyl groups is 1. The van der Waals surface area contributed by atoms with E-state index in [-0.39, 0.29) is 30.8 Å². The average molecular weight is 298 g/mol. The van der Waals surface area contributed by atoms with Crippen LogP contribution in [-0.2, 0) is 0 Å². The molecule has 2 amide bonds. The molecule has 1 saturated carbocycles. The van der Waals surface area contributed by atoms with Gasteiger partial charge in [0.15, 0.2) is 0 Å². The highest BCUT2D eigenvalue weighted by atomic mass is 32.1. The number of hydrogen-bond acceptors (Lipinski definition) is 4. The Morgan fingerprint density at radius 2 is 2.05 bits per heavy atom. The van der Waals surface area contributed by atoms with Crippen molar-refractivity contribution in [3.05, 3.63) is 16.0 Å². The van der Waals surface area contributed by atoms with Gasteiger partial charge in [-0.15, -0.1) is 11.3 Å². The van der Waals surface area contributed by atoms with E-state index in [1.54, 1.807) is 11.8 Å². The lowest BCUT2D eigenvalue weighted by Gasteiger charge is -2.21. The second-order valence-electron chi connectivity index (χ2n) is 4.87. The molecule has 7 heteroatoms. The van der Waals surface area contributed by atoms with Crippen molar-refractivity contribution >= 4 is 28.3 Å². The predicted octanol–water partition coefficient (Wildman–Crippen LogP) is 2.05. The van der Waals surface area contributed by atoms with Crippen LogP contribution in [-0.4, -0.2) is 46.3 Å². The van der Waals surface area contributed by atoms with Crippen molar-refractivity contribution in [1.29, 1.82) is 0 Å². The van der Waals surface area contributed by atoms with Crippen LogP contribution in [0.25, 0.3) is 0 Å². The number of carbonyl (C=O) groups is 2. The van der Waals surface area contributed by atoms with Gasteiger partial charge in [-0.25, -0.2) is 9.59 Å². The summed E-state index contributed by atoms with van der Waals surface area (Å²) in [6.07, 6.45) is 1.86. The Kier molecular flexibility index (Phi) is 4.29. The molecule has 1 heterocycles. The van der Waals surface area contributed by atoms with Crippen LogP contribution in [0.5, 0.6) is 0 Å². The SMILES string of the molecule is Cc1sc(NC(=O)N(CCO)C2CC2)c(C(=O)O)c1C. The predicted molar refractivity (Wildman–Crippen MR) is 76.6 cm³/mol. The molecular formula is C13H18N2O4S. The molecule has 0 spiro atoms. The number of carbonyl (C=O) groups excluding carboxylic acids is 1. The first-order valence-corrected chi connectivity index (χ1v) is 7.29. The Bertz CT molecular complexity index is 537. The molecule has 0 atom stereocenters. The third-order valence-electron chi connectivity index (χ3n) is 3.41. The summed E-state index contributed by atoms with van der Waals surface area (Å²) in [5, 5.41) is 21.3. The second kappa shape index (κ2) is 5.80. The Morgan fingerprint density at radius 1 is 1.40 bits per heavy atom. The zero-order valence-corrected chi connectivity index (χ0v) is 12.3. The number of carboxylic acid groups (broad SMARTS) is 1. The van der Waals surface area contributed by atoms with E-state index >= 15 is 0 Å². The molecule has 6 nitrogen and oxygen atoms in total. The fraction of sp³-hybridized carbons (Fsp3) is 0.538. The maximum atomic E-state index is 12.2. The number of anilines is 1. The maximum Gasteiger partial charge on any atom is 0.338 e. The van der Waals surface area contributed by atoms with E-state index in [9.17, 15) is 14.7 Å². The summed E-state index contributed by atoms with van der Waals surface area (Å²) in [5.74, 6) is -1.04. The van der Waals surface area contributed by atoms with E-state index in [0.29, 0.717) is 10.6 Å². The lowest BCUT2D eigenvalue weighted by molar-refractivity contribution is 0.0697. The first-order chi connectivity index (χ1) is 9.45. The summed E-state index contributed by atoms with van der Waals surface area (Å²) in [6, 6.07) is -0.178. The molecule has 2 rings (SSSR count). The second-order valence-corrected chi connectivity index (χ2v) is 6.10. The number of aryl methyl sites for hydroxylation is 1. The van der Waals surface area contributed by atoms with E-state index in [4.69, 9.17) is 5.11 Å². The van der Waals surface area contributed by atoms with Gasteiger partial charge < -0.3 is 15.1 Å². The molecule has 0 radical (unpaired) electrons. The largest absolute Gasteiger partial charge is 0.478 e. The van der Waals surface area contributed by atoms with Gasteiger partial charge in [-0.2, -0.15) is 0 Å². The molecule has 1 aromatic heterocycles. The molecule has 0 aromatic carbocycles. The number of nitrogens with zero attached hydrogens (tertiary/aromatic N) is 1. The van der Waals surface area contributed by atoms with E-state index < -0.39 is 5.97 Å². The Hall–Kier alpha value is -1.60. The van der Waals surface area contributed by atoms with Crippen molar-refractivity contribution < 1.29 is 19.8 Å². The van der Waals surface area contributed by atoms with E-state index in [2.05, 4.69) is 5.32 Å². The quantitative estimate of drug-likeness (QED) is 0.776. The first-order valence-electron chi connectivity index (χ1n) is 6.47. The van der Waals surface area contributed by atoms with Crippen LogP contribution in [0.1, 0.15) is 33.6 Å². The topological polar surface area (TPSA) is 89.9 Å². The highest BCUT2D eigenvalue weighted by Gasteiger charge is 2.33. The molecule has 0 bridgehead atoms. The van der Waals surface area contributed by atoms with Crippen LogP contribution in [0, 0.1) is 13.8 Å². The molecule has 0 saturated heterocycles. The van der Waals surface area contributed by atoms with Gasteiger partial charge in [0.05, 0.1) is 12.2 Å². The minimum absolute atomic E-state index is 0.0990. The maximum absolute atomic E-state index is 12.2. The van der Waals surface area contributed by atoms with Gasteiger partial charge in [0.25, 0.3) is 0 Å². The molecule has 110 valence electrons. The molecular weight excluding hydrogens is 280 g/mol. The lowest BCUT2D eigenvalue weighted by Crippen LogP contribution is -2.38. The zero-order valence-electron chi connectivity index (χ0n) is 11.5. The zero-order chi connectivity index (χ0) is 14.9. The number of hydrogen-bond donors (Lipinski definition) is 3. The van der Waals surface area contributed by atoms with Gasteiger partial charge >= 0.3 is 12.0 Å². The number of aromatic carboxylic acids is 1. The smallest absolute Gasteiger partial charge is 0.338 e. The number of aliphatic hydroxyl groups excluding tert-OH is 1. The van der Waals surface area contributed by atoms with Crippen molar-refractivity contribution in [2.24, 2.45) is 0 Å². The molecule has 1 aromatic rings. The molecule has 0 unspecified atom stereocenters. The molecule has 1 aliphatic rings. The van der Waals surface area contributed by atoms with Crippen LogP contribution < -0.4 is 5.32 Å². The number of rotatable bonds is 5. The Morgan fingerprint density at radius 3 is 2.55 bits per heavy atom. The van der Waals surface area contributed by atoms with E-state index in [1.165, 1.54) is 11.3 Å². The van der Waals surface area contributed by atoms with Crippen LogP contribution in [0.15, 0.2) is 0 Å². The lowest BCUT2D eigenvalue weighted by atomic mass is 10.1. The number of amides is 2. The highest BCUT2D eigenvalue weighted by molar-refractivity contribution is 7.16. The van der Waals surface area contributed by atoms with Gasteiger partial charge in [-0.1, -0.05) is 0 Å². The van der Waals surface area contributed by atoms with Crippen molar-refractivity contribution in [2.45, 2.75) is 32.7 Å². The molecule has 20 heavy (non-hydrogen) atoms. The summed E-state index contributed by atoms with van der Waals surface area (Å²) in [6.45, 7) is 3.73. The fourth-order valence-corrected chi connectivity index (χ4v) is 3.13. The molecule has 3 N–H and O–H groups in total. The van der Waals surface area contributed by atoms with Crippen LogP contribution >= 0.6 is 11.3 Å². The van der Waals surface area contributed by atoms with Crippen molar-refractivity contribution in [1.82, 2.24) is 4.90 Å². The van der Waals surface area contributed by atoms with E-state index in [0.717, 1.165) is 17.7 Å². The molecule has 1 fully saturated rings. The normalized spacial score (nSPS) is 14.2. The number of nitrogens with one attached hydrogen (secondary N) is 1. The number of carboxylic acids is 1. The third-order valence-corrected chi connectivity index (χ3v) is 4.53. The van der Waals surface area contributed by atoms with Gasteiger partial charge in [-0.05, 0) is 32.3 Å². The monoisotopic (exact) mass is 298 g/mol. The van der Waals surface area contributed by atoms with Gasteiger partial charge in [0.1, 0.15) is 5.00 Å². The minimum Gasteiger partial charge on any atom is -0.478 e. The van der Waals surface area contributed by atoms with Crippen molar-refractivity contribution in [3.63, 3.8) is 0 Å². The van der Waals surface area contributed by atoms with Gasteiger partial charge in [0, 0.05) is 17.5 Å². The Balaban J connectivity index is 2.18. The number of thiophene rings is 1. The first kappa shape index (κ1) is 14.8. The van der Waals surface area contributed by atoms with E-state index in [1.807, 2.05) is 6.92 Å². The summed E-state index contributed by atoms with van der Waals surface area (Å²) in [4.78, 5) is 25.9.